The Kier molecular flexibility index (Phi) is 7.42. The molecule has 1 rings (SSSR count). The lowest BCUT2D eigenvalue weighted by Crippen LogP contribution is -2.46. The molecule has 1 amide bonds. The van der Waals surface area contributed by atoms with Crippen LogP contribution in [0.4, 0.5) is 4.79 Å². The minimum Gasteiger partial charge on any atom is -0.444 e. The molecule has 0 bridgehead atoms. The first-order valence-electron chi connectivity index (χ1n) is 7.88. The van der Waals surface area contributed by atoms with E-state index in [1.165, 1.54) is 0 Å². The van der Waals surface area contributed by atoms with E-state index in [1.54, 1.807) is 11.8 Å². The van der Waals surface area contributed by atoms with Crippen LogP contribution in [0.1, 0.15) is 40.5 Å². The zero-order valence-electron chi connectivity index (χ0n) is 13.8. The van der Waals surface area contributed by atoms with Crippen molar-refractivity contribution < 1.29 is 14.6 Å². The van der Waals surface area contributed by atoms with Crippen molar-refractivity contribution in [2.75, 3.05) is 32.7 Å². The van der Waals surface area contributed by atoms with Crippen molar-refractivity contribution in [3.05, 3.63) is 0 Å². The van der Waals surface area contributed by atoms with E-state index in [2.05, 4.69) is 10.6 Å². The lowest BCUT2D eigenvalue weighted by molar-refractivity contribution is 0.0162. The number of carbonyl (C=O) groups is 1. The third-order valence-corrected chi connectivity index (χ3v) is 3.29. The number of hydrogen-bond acceptors (Lipinski definition) is 5. The SMILES string of the molecule is CC(O)CN(CCNC1CCNCC1)C(=O)OC(C)(C)C. The molecule has 1 unspecified atom stereocenters. The molecule has 0 aliphatic carbocycles. The van der Waals surface area contributed by atoms with Crippen molar-refractivity contribution in [1.82, 2.24) is 15.5 Å². The van der Waals surface area contributed by atoms with Crippen LogP contribution in [-0.4, -0.2) is 66.6 Å². The molecule has 1 heterocycles. The minimum absolute atomic E-state index is 0.294. The van der Waals surface area contributed by atoms with E-state index in [4.69, 9.17) is 4.74 Å². The van der Waals surface area contributed by atoms with Crippen LogP contribution in [0.5, 0.6) is 0 Å². The van der Waals surface area contributed by atoms with Gasteiger partial charge in [0.1, 0.15) is 5.60 Å². The Morgan fingerprint density at radius 2 is 2.05 bits per heavy atom. The molecule has 0 saturated carbocycles. The molecule has 6 nitrogen and oxygen atoms in total. The van der Waals surface area contributed by atoms with E-state index >= 15 is 0 Å². The number of amides is 1. The summed E-state index contributed by atoms with van der Waals surface area (Å²) in [5.74, 6) is 0. The normalized spacial score (nSPS) is 18.3. The first-order valence-corrected chi connectivity index (χ1v) is 7.88. The van der Waals surface area contributed by atoms with E-state index in [0.29, 0.717) is 19.1 Å². The fourth-order valence-corrected chi connectivity index (χ4v) is 2.33. The summed E-state index contributed by atoms with van der Waals surface area (Å²) in [5.41, 5.74) is -0.517. The summed E-state index contributed by atoms with van der Waals surface area (Å²) in [4.78, 5) is 13.7. The zero-order chi connectivity index (χ0) is 15.9. The third kappa shape index (κ3) is 8.24. The van der Waals surface area contributed by atoms with Gasteiger partial charge in [-0.2, -0.15) is 0 Å². The maximum Gasteiger partial charge on any atom is 0.410 e. The lowest BCUT2D eigenvalue weighted by atomic mass is 10.1. The van der Waals surface area contributed by atoms with Gasteiger partial charge in [-0.1, -0.05) is 0 Å². The van der Waals surface area contributed by atoms with Gasteiger partial charge in [-0.3, -0.25) is 0 Å². The van der Waals surface area contributed by atoms with Crippen molar-refractivity contribution in [1.29, 1.82) is 0 Å². The molecule has 124 valence electrons. The summed E-state index contributed by atoms with van der Waals surface area (Å²) in [5, 5.41) is 16.3. The zero-order valence-corrected chi connectivity index (χ0v) is 13.8. The van der Waals surface area contributed by atoms with E-state index in [9.17, 15) is 9.90 Å². The quantitative estimate of drug-likeness (QED) is 0.681. The number of nitrogens with zero attached hydrogens (tertiary/aromatic N) is 1. The molecular weight excluding hydrogens is 270 g/mol. The second-order valence-electron chi connectivity index (χ2n) is 6.75. The molecule has 1 atom stereocenters. The first-order chi connectivity index (χ1) is 9.78. The molecular formula is C15H31N3O3. The number of hydrogen-bond donors (Lipinski definition) is 3. The van der Waals surface area contributed by atoms with E-state index in [0.717, 1.165) is 32.5 Å². The monoisotopic (exact) mass is 301 g/mol. The number of aliphatic hydroxyl groups is 1. The van der Waals surface area contributed by atoms with Crippen molar-refractivity contribution >= 4 is 6.09 Å². The van der Waals surface area contributed by atoms with Gasteiger partial charge < -0.3 is 25.4 Å². The molecule has 21 heavy (non-hydrogen) atoms. The van der Waals surface area contributed by atoms with Gasteiger partial charge in [0.15, 0.2) is 0 Å². The van der Waals surface area contributed by atoms with Crippen molar-refractivity contribution in [3.8, 4) is 0 Å². The largest absolute Gasteiger partial charge is 0.444 e. The number of piperidine rings is 1. The van der Waals surface area contributed by atoms with Gasteiger partial charge in [0.25, 0.3) is 0 Å². The molecule has 0 radical (unpaired) electrons. The Labute approximate surface area is 128 Å². The van der Waals surface area contributed by atoms with Crippen LogP contribution >= 0.6 is 0 Å². The number of carbonyl (C=O) groups excluding carboxylic acids is 1. The predicted molar refractivity (Wildman–Crippen MR) is 83.4 cm³/mol. The summed E-state index contributed by atoms with van der Waals surface area (Å²) in [7, 11) is 0. The molecule has 0 aromatic heterocycles. The highest BCUT2D eigenvalue weighted by Gasteiger charge is 2.23. The highest BCUT2D eigenvalue weighted by atomic mass is 16.6. The van der Waals surface area contributed by atoms with Crippen LogP contribution in [0.2, 0.25) is 0 Å². The van der Waals surface area contributed by atoms with E-state index < -0.39 is 11.7 Å². The summed E-state index contributed by atoms with van der Waals surface area (Å²) < 4.78 is 5.38. The molecule has 0 aromatic carbocycles. The van der Waals surface area contributed by atoms with E-state index in [1.807, 2.05) is 20.8 Å². The second kappa shape index (κ2) is 8.56. The molecule has 1 aliphatic heterocycles. The van der Waals surface area contributed by atoms with Crippen molar-refractivity contribution in [2.24, 2.45) is 0 Å². The van der Waals surface area contributed by atoms with Gasteiger partial charge in [-0.25, -0.2) is 4.79 Å². The van der Waals surface area contributed by atoms with Crippen LogP contribution in [0.3, 0.4) is 0 Å². The Morgan fingerprint density at radius 3 is 2.57 bits per heavy atom. The first kappa shape index (κ1) is 18.2. The van der Waals surface area contributed by atoms with Crippen LogP contribution in [0.15, 0.2) is 0 Å². The van der Waals surface area contributed by atoms with Crippen LogP contribution in [0.25, 0.3) is 0 Å². The van der Waals surface area contributed by atoms with Gasteiger partial charge in [0, 0.05) is 25.7 Å². The third-order valence-electron chi connectivity index (χ3n) is 3.29. The number of rotatable bonds is 6. The van der Waals surface area contributed by atoms with Crippen LogP contribution in [-0.2, 0) is 4.74 Å². The Hall–Kier alpha value is -0.850. The van der Waals surface area contributed by atoms with Gasteiger partial charge in [-0.15, -0.1) is 0 Å². The van der Waals surface area contributed by atoms with Gasteiger partial charge in [0.05, 0.1) is 6.10 Å². The van der Waals surface area contributed by atoms with Gasteiger partial charge >= 0.3 is 6.09 Å². The van der Waals surface area contributed by atoms with Crippen LogP contribution < -0.4 is 10.6 Å². The summed E-state index contributed by atoms with van der Waals surface area (Å²) in [6, 6.07) is 0.512. The van der Waals surface area contributed by atoms with Gasteiger partial charge in [-0.05, 0) is 53.6 Å². The fraction of sp³-hybridized carbons (Fsp3) is 0.933. The van der Waals surface area contributed by atoms with Crippen molar-refractivity contribution in [3.63, 3.8) is 0 Å². The van der Waals surface area contributed by atoms with Crippen LogP contribution in [0, 0.1) is 0 Å². The second-order valence-corrected chi connectivity index (χ2v) is 6.75. The highest BCUT2D eigenvalue weighted by Crippen LogP contribution is 2.10. The minimum atomic E-state index is -0.559. The lowest BCUT2D eigenvalue weighted by Gasteiger charge is -2.29. The molecule has 0 aromatic rings. The molecule has 1 fully saturated rings. The Bertz CT molecular complexity index is 310. The maximum absolute atomic E-state index is 12.1. The summed E-state index contributed by atoms with van der Waals surface area (Å²) in [6.45, 7) is 10.9. The fourth-order valence-electron chi connectivity index (χ4n) is 2.33. The average Bonchev–Trinajstić information content (AvgIpc) is 2.36. The Morgan fingerprint density at radius 1 is 1.43 bits per heavy atom. The average molecular weight is 301 g/mol. The maximum atomic E-state index is 12.1. The Balaban J connectivity index is 2.39. The van der Waals surface area contributed by atoms with Crippen molar-refractivity contribution in [2.45, 2.75) is 58.3 Å². The highest BCUT2D eigenvalue weighted by molar-refractivity contribution is 5.68. The smallest absolute Gasteiger partial charge is 0.410 e. The molecule has 1 aliphatic rings. The predicted octanol–water partition coefficient (Wildman–Crippen LogP) is 0.946. The molecule has 3 N–H and O–H groups in total. The molecule has 0 spiro atoms. The molecule has 1 saturated heterocycles. The van der Waals surface area contributed by atoms with E-state index in [-0.39, 0.29) is 6.09 Å². The topological polar surface area (TPSA) is 73.8 Å². The summed E-state index contributed by atoms with van der Waals surface area (Å²) >= 11 is 0. The molecule has 6 heteroatoms. The summed E-state index contributed by atoms with van der Waals surface area (Å²) in [6.07, 6.45) is 1.30. The number of nitrogens with one attached hydrogen (secondary N) is 2. The standard InChI is InChI=1S/C15H31N3O3/c1-12(19)11-18(14(20)21-15(2,3)4)10-9-17-13-5-7-16-8-6-13/h12-13,16-17,19H,5-11H2,1-4H3. The number of ether oxygens (including phenoxy) is 1. The number of aliphatic hydroxyl groups excluding tert-OH is 1. The van der Waals surface area contributed by atoms with Gasteiger partial charge in [0.2, 0.25) is 0 Å².